The summed E-state index contributed by atoms with van der Waals surface area (Å²) >= 11 is 0. The highest BCUT2D eigenvalue weighted by Crippen LogP contribution is 2.08. The second kappa shape index (κ2) is 20.3. The fraction of sp³-hybridized carbons (Fsp3) is 0.457. The molecule has 5 atom stereocenters. The van der Waals surface area contributed by atoms with Crippen LogP contribution in [0.4, 0.5) is 0 Å². The van der Waals surface area contributed by atoms with Crippen LogP contribution in [0.1, 0.15) is 45.7 Å². The molecule has 0 fully saturated rings. The molecule has 0 saturated carbocycles. The van der Waals surface area contributed by atoms with Gasteiger partial charge in [0.2, 0.25) is 41.4 Å². The lowest BCUT2D eigenvalue weighted by atomic mass is 9.99. The smallest absolute Gasteiger partial charge is 0.243 e. The molecule has 15 nitrogen and oxygen atoms in total. The van der Waals surface area contributed by atoms with Gasteiger partial charge in [0.1, 0.15) is 24.2 Å². The Labute approximate surface area is 292 Å². The average molecular weight is 695 g/mol. The zero-order chi connectivity index (χ0) is 37.4. The molecule has 0 aliphatic carbocycles. The number of rotatable bonds is 19. The van der Waals surface area contributed by atoms with Crippen LogP contribution in [0, 0.1) is 11.8 Å². The molecule has 10 N–H and O–H groups in total. The second-order valence-electron chi connectivity index (χ2n) is 12.7. The largest absolute Gasteiger partial charge is 0.368 e. The summed E-state index contributed by atoms with van der Waals surface area (Å²) in [6, 6.07) is 13.0. The standard InChI is InChI=1S/C35H50N8O7/c1-20(2)29(34(49)38-18-27(37)44)43-35(50)30(21(3)4)42-28(45)19-39-33(48)26(17-24-14-10-7-11-15-24)41-31(46)22(5)40-32(47)25(36)16-23-12-8-6-9-13-23/h6-15,20-22,25-26,29-30H,16-19,36H2,1-5H3,(H2,37,44)(H,38,49)(H,39,48)(H,40,47)(H,41,46)(H,42,45)(H,43,50)/t22-,25+,26+,29+,30+/m1/s1. The van der Waals surface area contributed by atoms with Gasteiger partial charge in [0.25, 0.3) is 0 Å². The minimum atomic E-state index is -1.12. The monoisotopic (exact) mass is 694 g/mol. The molecule has 50 heavy (non-hydrogen) atoms. The Bertz CT molecular complexity index is 1470. The predicted octanol–water partition coefficient (Wildman–Crippen LogP) is -1.21. The molecule has 0 aliphatic rings. The molecule has 0 unspecified atom stereocenters. The van der Waals surface area contributed by atoms with Gasteiger partial charge in [-0.2, -0.15) is 0 Å². The third-order valence-electron chi connectivity index (χ3n) is 7.68. The summed E-state index contributed by atoms with van der Waals surface area (Å²) < 4.78 is 0. The van der Waals surface area contributed by atoms with E-state index in [1.165, 1.54) is 6.92 Å². The van der Waals surface area contributed by atoms with Crippen LogP contribution in [0.25, 0.3) is 0 Å². The van der Waals surface area contributed by atoms with E-state index < -0.39 is 90.6 Å². The SMILES string of the molecule is CC(C)[C@H](NC(=O)CNC(=O)[C@H](Cc1ccccc1)NC(=O)[C@@H](C)NC(=O)[C@@H](N)Cc1ccccc1)C(=O)N[C@H](C(=O)NCC(N)=O)C(C)C. The maximum absolute atomic E-state index is 13.3. The Balaban J connectivity index is 2.04. The zero-order valence-corrected chi connectivity index (χ0v) is 29.2. The van der Waals surface area contributed by atoms with E-state index in [1.54, 1.807) is 58.0 Å². The number of carbonyl (C=O) groups excluding carboxylic acids is 7. The summed E-state index contributed by atoms with van der Waals surface area (Å²) in [5.74, 6) is -5.28. The molecule has 7 amide bonds. The first-order valence-electron chi connectivity index (χ1n) is 16.5. The summed E-state index contributed by atoms with van der Waals surface area (Å²) in [4.78, 5) is 88.9. The van der Waals surface area contributed by atoms with Crippen molar-refractivity contribution in [3.05, 3.63) is 71.8 Å². The van der Waals surface area contributed by atoms with Gasteiger partial charge in [-0.3, -0.25) is 33.6 Å². The maximum atomic E-state index is 13.3. The van der Waals surface area contributed by atoms with Gasteiger partial charge in [0.05, 0.1) is 19.1 Å². The van der Waals surface area contributed by atoms with E-state index in [-0.39, 0.29) is 18.8 Å². The van der Waals surface area contributed by atoms with Crippen molar-refractivity contribution >= 4 is 41.4 Å². The van der Waals surface area contributed by atoms with Gasteiger partial charge in [-0.05, 0) is 36.3 Å². The van der Waals surface area contributed by atoms with Crippen LogP contribution < -0.4 is 43.4 Å². The molecule has 0 aromatic heterocycles. The number of amides is 7. The van der Waals surface area contributed by atoms with Gasteiger partial charge in [-0.15, -0.1) is 0 Å². The van der Waals surface area contributed by atoms with E-state index >= 15 is 0 Å². The van der Waals surface area contributed by atoms with Crippen LogP contribution in [0.15, 0.2) is 60.7 Å². The Morgan fingerprint density at radius 2 is 1.06 bits per heavy atom. The number of carbonyl (C=O) groups is 7. The van der Waals surface area contributed by atoms with E-state index in [0.29, 0.717) is 0 Å². The molecular formula is C35H50N8O7. The van der Waals surface area contributed by atoms with Crippen LogP contribution >= 0.6 is 0 Å². The Morgan fingerprint density at radius 3 is 1.58 bits per heavy atom. The van der Waals surface area contributed by atoms with Crippen LogP contribution in [0.5, 0.6) is 0 Å². The molecule has 272 valence electrons. The van der Waals surface area contributed by atoms with Crippen molar-refractivity contribution in [3.8, 4) is 0 Å². The van der Waals surface area contributed by atoms with E-state index in [9.17, 15) is 33.6 Å². The zero-order valence-electron chi connectivity index (χ0n) is 29.2. The molecule has 0 heterocycles. The summed E-state index contributed by atoms with van der Waals surface area (Å²) in [5, 5.41) is 15.3. The van der Waals surface area contributed by atoms with E-state index in [1.807, 2.05) is 30.3 Å². The molecule has 2 aromatic carbocycles. The Hall–Kier alpha value is -5.31. The molecular weight excluding hydrogens is 644 g/mol. The Kier molecular flexibility index (Phi) is 16.6. The highest BCUT2D eigenvalue weighted by Gasteiger charge is 2.31. The second-order valence-corrected chi connectivity index (χ2v) is 12.7. The number of benzene rings is 2. The van der Waals surface area contributed by atoms with E-state index in [2.05, 4.69) is 31.9 Å². The minimum Gasteiger partial charge on any atom is -0.368 e. The van der Waals surface area contributed by atoms with Gasteiger partial charge >= 0.3 is 0 Å². The van der Waals surface area contributed by atoms with Gasteiger partial charge in [-0.1, -0.05) is 88.4 Å². The molecule has 0 spiro atoms. The normalized spacial score (nSPS) is 13.9. The third kappa shape index (κ3) is 14.0. The number of primary amides is 1. The van der Waals surface area contributed by atoms with Crippen molar-refractivity contribution in [1.82, 2.24) is 31.9 Å². The minimum absolute atomic E-state index is 0.0830. The quantitative estimate of drug-likeness (QED) is 0.0885. The first-order chi connectivity index (χ1) is 23.6. The summed E-state index contributed by atoms with van der Waals surface area (Å²) in [6.07, 6.45) is 0.353. The van der Waals surface area contributed by atoms with Crippen LogP contribution in [-0.4, -0.2) is 84.6 Å². The summed E-state index contributed by atoms with van der Waals surface area (Å²) in [5.41, 5.74) is 12.7. The highest BCUT2D eigenvalue weighted by atomic mass is 16.2. The van der Waals surface area contributed by atoms with Crippen molar-refractivity contribution in [1.29, 1.82) is 0 Å². The molecule has 0 bridgehead atoms. The van der Waals surface area contributed by atoms with E-state index in [4.69, 9.17) is 11.5 Å². The van der Waals surface area contributed by atoms with E-state index in [0.717, 1.165) is 11.1 Å². The van der Waals surface area contributed by atoms with Gasteiger partial charge in [0, 0.05) is 6.42 Å². The lowest BCUT2D eigenvalue weighted by molar-refractivity contribution is -0.134. The average Bonchev–Trinajstić information content (AvgIpc) is 3.07. The highest BCUT2D eigenvalue weighted by molar-refractivity contribution is 5.96. The molecule has 2 aromatic rings. The lowest BCUT2D eigenvalue weighted by Crippen LogP contribution is -2.58. The van der Waals surface area contributed by atoms with Gasteiger partial charge < -0.3 is 43.4 Å². The first kappa shape index (κ1) is 40.9. The number of nitrogens with one attached hydrogen (secondary N) is 6. The fourth-order valence-electron chi connectivity index (χ4n) is 4.81. The third-order valence-corrected chi connectivity index (χ3v) is 7.68. The fourth-order valence-corrected chi connectivity index (χ4v) is 4.81. The van der Waals surface area contributed by atoms with Crippen LogP contribution in [0.3, 0.4) is 0 Å². The molecule has 15 heteroatoms. The Morgan fingerprint density at radius 1 is 0.560 bits per heavy atom. The number of hydrogen-bond donors (Lipinski definition) is 8. The molecule has 0 saturated heterocycles. The maximum Gasteiger partial charge on any atom is 0.243 e. The summed E-state index contributed by atoms with van der Waals surface area (Å²) in [6.45, 7) is 7.34. The predicted molar refractivity (Wildman–Crippen MR) is 187 cm³/mol. The van der Waals surface area contributed by atoms with Crippen LogP contribution in [0.2, 0.25) is 0 Å². The van der Waals surface area contributed by atoms with Crippen molar-refractivity contribution < 1.29 is 33.6 Å². The van der Waals surface area contributed by atoms with Crippen molar-refractivity contribution in [2.45, 2.75) is 77.7 Å². The lowest BCUT2D eigenvalue weighted by Gasteiger charge is -2.27. The first-order valence-corrected chi connectivity index (χ1v) is 16.5. The van der Waals surface area contributed by atoms with Crippen molar-refractivity contribution in [2.75, 3.05) is 13.1 Å². The van der Waals surface area contributed by atoms with Crippen molar-refractivity contribution in [2.24, 2.45) is 23.3 Å². The summed E-state index contributed by atoms with van der Waals surface area (Å²) in [7, 11) is 0. The molecule has 0 aliphatic heterocycles. The topological polar surface area (TPSA) is 244 Å². The molecule has 0 radical (unpaired) electrons. The van der Waals surface area contributed by atoms with Gasteiger partial charge in [0.15, 0.2) is 0 Å². The van der Waals surface area contributed by atoms with Crippen LogP contribution in [-0.2, 0) is 46.4 Å². The van der Waals surface area contributed by atoms with Crippen molar-refractivity contribution in [3.63, 3.8) is 0 Å². The van der Waals surface area contributed by atoms with Gasteiger partial charge in [-0.25, -0.2) is 0 Å². The number of nitrogens with two attached hydrogens (primary N) is 2. The molecule has 2 rings (SSSR count). The number of hydrogen-bond acceptors (Lipinski definition) is 8.